The second-order valence-corrected chi connectivity index (χ2v) is 8.38. The topological polar surface area (TPSA) is 68.3 Å². The fourth-order valence-electron chi connectivity index (χ4n) is 4.40. The zero-order chi connectivity index (χ0) is 23.5. The van der Waals surface area contributed by atoms with Crippen molar-refractivity contribution >= 4 is 23.1 Å². The van der Waals surface area contributed by atoms with Crippen LogP contribution >= 0.6 is 0 Å². The smallest absolute Gasteiger partial charge is 0.282 e. The number of methoxy groups -OCH3 is 1. The number of benzene rings is 2. The lowest BCUT2D eigenvalue weighted by atomic mass is 10.0. The number of imide groups is 1. The molecule has 2 aliphatic heterocycles. The van der Waals surface area contributed by atoms with Crippen molar-refractivity contribution in [3.63, 3.8) is 0 Å². The Kier molecular flexibility index (Phi) is 6.70. The van der Waals surface area contributed by atoms with E-state index in [9.17, 15) is 9.59 Å². The van der Waals surface area contributed by atoms with Crippen LogP contribution in [-0.2, 0) is 14.3 Å². The van der Waals surface area contributed by atoms with Gasteiger partial charge in [0.15, 0.2) is 0 Å². The molecule has 2 amide bonds. The van der Waals surface area contributed by atoms with E-state index in [4.69, 9.17) is 14.2 Å². The highest BCUT2D eigenvalue weighted by molar-refractivity contribution is 6.45. The summed E-state index contributed by atoms with van der Waals surface area (Å²) in [5.41, 5.74) is 1.89. The molecule has 1 fully saturated rings. The molecular formula is C26H30N2O5. The molecule has 7 heteroatoms. The van der Waals surface area contributed by atoms with Gasteiger partial charge in [-0.15, -0.1) is 0 Å². The average molecular weight is 451 g/mol. The number of amides is 2. The van der Waals surface area contributed by atoms with Crippen LogP contribution in [0.3, 0.4) is 0 Å². The summed E-state index contributed by atoms with van der Waals surface area (Å²) in [7, 11) is 1.53. The van der Waals surface area contributed by atoms with E-state index in [-0.39, 0.29) is 24.0 Å². The van der Waals surface area contributed by atoms with Crippen LogP contribution < -0.4 is 14.4 Å². The predicted molar refractivity (Wildman–Crippen MR) is 126 cm³/mol. The number of carbonyl (C=O) groups is 2. The summed E-state index contributed by atoms with van der Waals surface area (Å²) >= 11 is 0. The first kappa shape index (κ1) is 22.9. The molecule has 2 atom stereocenters. The molecule has 4 rings (SSSR count). The van der Waals surface area contributed by atoms with Crippen molar-refractivity contribution in [1.82, 2.24) is 4.90 Å². The van der Waals surface area contributed by atoms with E-state index >= 15 is 0 Å². The summed E-state index contributed by atoms with van der Waals surface area (Å²) < 4.78 is 17.0. The maximum Gasteiger partial charge on any atom is 0.282 e. The number of hydrogen-bond acceptors (Lipinski definition) is 6. The van der Waals surface area contributed by atoms with Crippen molar-refractivity contribution in [2.45, 2.75) is 39.4 Å². The minimum absolute atomic E-state index is 0.0597. The number of ether oxygens (including phenoxy) is 3. The maximum absolute atomic E-state index is 13.8. The van der Waals surface area contributed by atoms with Gasteiger partial charge < -0.3 is 19.1 Å². The Morgan fingerprint density at radius 2 is 1.64 bits per heavy atom. The highest BCUT2D eigenvalue weighted by Crippen LogP contribution is 2.39. The zero-order valence-corrected chi connectivity index (χ0v) is 19.5. The second-order valence-electron chi connectivity index (χ2n) is 8.38. The summed E-state index contributed by atoms with van der Waals surface area (Å²) in [5.74, 6) is 0.474. The van der Waals surface area contributed by atoms with Crippen LogP contribution in [0.25, 0.3) is 5.57 Å². The molecule has 0 bridgehead atoms. The summed E-state index contributed by atoms with van der Waals surface area (Å²) in [6.07, 6.45) is 0.789. The van der Waals surface area contributed by atoms with Crippen molar-refractivity contribution in [1.29, 1.82) is 0 Å². The van der Waals surface area contributed by atoms with Gasteiger partial charge in [0.2, 0.25) is 0 Å². The highest BCUT2D eigenvalue weighted by atomic mass is 16.5. The van der Waals surface area contributed by atoms with E-state index in [1.807, 2.05) is 56.0 Å². The number of anilines is 1. The first-order valence-corrected chi connectivity index (χ1v) is 11.3. The SMILES string of the molecule is CCCOc1ccc(C2=C(N3CC(C)OC(C)C3)C(=O)N(c3ccccc3OC)C2=O)cc1. The molecule has 2 heterocycles. The Hall–Kier alpha value is -3.32. The normalized spacial score (nSPS) is 21.1. The van der Waals surface area contributed by atoms with Gasteiger partial charge in [0.1, 0.15) is 17.2 Å². The Morgan fingerprint density at radius 1 is 0.970 bits per heavy atom. The third-order valence-corrected chi connectivity index (χ3v) is 5.74. The second kappa shape index (κ2) is 9.67. The van der Waals surface area contributed by atoms with Gasteiger partial charge in [0.25, 0.3) is 11.8 Å². The van der Waals surface area contributed by atoms with Crippen LogP contribution in [0.15, 0.2) is 54.2 Å². The van der Waals surface area contributed by atoms with Gasteiger partial charge in [0.05, 0.1) is 37.2 Å². The molecule has 0 aliphatic carbocycles. The number of rotatable bonds is 7. The number of para-hydroxylation sites is 2. The minimum atomic E-state index is -0.367. The summed E-state index contributed by atoms with van der Waals surface area (Å²) in [6, 6.07) is 14.4. The Balaban J connectivity index is 1.79. The fourth-order valence-corrected chi connectivity index (χ4v) is 4.40. The van der Waals surface area contributed by atoms with Gasteiger partial charge in [0, 0.05) is 13.1 Å². The molecule has 7 nitrogen and oxygen atoms in total. The molecule has 1 saturated heterocycles. The number of hydrogen-bond donors (Lipinski definition) is 0. The lowest BCUT2D eigenvalue weighted by Crippen LogP contribution is -2.47. The third-order valence-electron chi connectivity index (χ3n) is 5.74. The minimum Gasteiger partial charge on any atom is -0.495 e. The van der Waals surface area contributed by atoms with Crippen molar-refractivity contribution in [2.24, 2.45) is 0 Å². The lowest BCUT2D eigenvalue weighted by Gasteiger charge is -2.37. The Labute approximate surface area is 194 Å². The molecule has 0 radical (unpaired) electrons. The van der Waals surface area contributed by atoms with Crippen LogP contribution in [0, 0.1) is 0 Å². The largest absolute Gasteiger partial charge is 0.495 e. The van der Waals surface area contributed by atoms with Crippen molar-refractivity contribution in [2.75, 3.05) is 31.7 Å². The molecule has 0 N–H and O–H groups in total. The number of nitrogens with zero attached hydrogens (tertiary/aromatic N) is 2. The fraction of sp³-hybridized carbons (Fsp3) is 0.385. The van der Waals surface area contributed by atoms with E-state index in [2.05, 4.69) is 0 Å². The number of carbonyl (C=O) groups excluding carboxylic acids is 2. The van der Waals surface area contributed by atoms with Crippen LogP contribution in [0.5, 0.6) is 11.5 Å². The van der Waals surface area contributed by atoms with Gasteiger partial charge in [-0.1, -0.05) is 31.2 Å². The van der Waals surface area contributed by atoms with Gasteiger partial charge in [-0.05, 0) is 50.1 Å². The summed E-state index contributed by atoms with van der Waals surface area (Å²) in [4.78, 5) is 30.7. The first-order chi connectivity index (χ1) is 15.9. The quantitative estimate of drug-likeness (QED) is 0.597. The van der Waals surface area contributed by atoms with Gasteiger partial charge in [-0.2, -0.15) is 0 Å². The zero-order valence-electron chi connectivity index (χ0n) is 19.5. The van der Waals surface area contributed by atoms with Gasteiger partial charge >= 0.3 is 0 Å². The van der Waals surface area contributed by atoms with Crippen LogP contribution in [-0.4, -0.2) is 55.7 Å². The molecule has 0 spiro atoms. The molecular weight excluding hydrogens is 420 g/mol. The summed E-state index contributed by atoms with van der Waals surface area (Å²) in [5, 5.41) is 0. The first-order valence-electron chi connectivity index (χ1n) is 11.3. The summed E-state index contributed by atoms with van der Waals surface area (Å²) in [6.45, 7) is 7.67. The average Bonchev–Trinajstić information content (AvgIpc) is 3.07. The van der Waals surface area contributed by atoms with E-state index < -0.39 is 0 Å². The van der Waals surface area contributed by atoms with Crippen molar-refractivity contribution in [3.05, 3.63) is 59.8 Å². The molecule has 2 aliphatic rings. The molecule has 0 aromatic heterocycles. The van der Waals surface area contributed by atoms with Gasteiger partial charge in [-0.25, -0.2) is 4.90 Å². The van der Waals surface area contributed by atoms with Gasteiger partial charge in [-0.3, -0.25) is 9.59 Å². The molecule has 2 aromatic carbocycles. The maximum atomic E-state index is 13.8. The van der Waals surface area contributed by atoms with E-state index in [1.165, 1.54) is 12.0 Å². The van der Waals surface area contributed by atoms with Crippen LogP contribution in [0.2, 0.25) is 0 Å². The molecule has 2 aromatic rings. The van der Waals surface area contributed by atoms with E-state index in [0.717, 1.165) is 12.2 Å². The molecule has 2 unspecified atom stereocenters. The molecule has 0 saturated carbocycles. The highest BCUT2D eigenvalue weighted by Gasteiger charge is 2.44. The molecule has 174 valence electrons. The standard InChI is InChI=1S/C26H30N2O5/c1-5-14-32-20-12-10-19(11-13-20)23-24(27-15-17(2)33-18(3)16-27)26(30)28(25(23)29)21-8-6-7-9-22(21)31-4/h6-13,17-18H,5,14-16H2,1-4H3. The van der Waals surface area contributed by atoms with E-state index in [0.29, 0.717) is 48.0 Å². The van der Waals surface area contributed by atoms with Crippen molar-refractivity contribution < 1.29 is 23.8 Å². The monoisotopic (exact) mass is 450 g/mol. The predicted octanol–water partition coefficient (Wildman–Crippen LogP) is 3.88. The molecule has 33 heavy (non-hydrogen) atoms. The Morgan fingerprint density at radius 3 is 2.27 bits per heavy atom. The van der Waals surface area contributed by atoms with E-state index in [1.54, 1.807) is 18.2 Å². The lowest BCUT2D eigenvalue weighted by molar-refractivity contribution is -0.121. The Bertz CT molecular complexity index is 1050. The third kappa shape index (κ3) is 4.46. The van der Waals surface area contributed by atoms with Crippen LogP contribution in [0.1, 0.15) is 32.8 Å². The van der Waals surface area contributed by atoms with Crippen LogP contribution in [0.4, 0.5) is 5.69 Å². The number of morpholine rings is 1. The van der Waals surface area contributed by atoms with Crippen molar-refractivity contribution in [3.8, 4) is 11.5 Å².